The molecule has 0 aliphatic rings. The van der Waals surface area contributed by atoms with Gasteiger partial charge in [-0.15, -0.1) is 0 Å². The Bertz CT molecular complexity index is 329. The van der Waals surface area contributed by atoms with E-state index >= 15 is 0 Å². The molecule has 2 N–H and O–H groups in total. The zero-order chi connectivity index (χ0) is 15.4. The second-order valence-electron chi connectivity index (χ2n) is 4.29. The fourth-order valence-electron chi connectivity index (χ4n) is 1.37. The Morgan fingerprint density at radius 2 is 1.95 bits per heavy atom. The van der Waals surface area contributed by atoms with Gasteiger partial charge in [-0.3, -0.25) is 0 Å². The Kier molecular flexibility index (Phi) is 11.1. The van der Waals surface area contributed by atoms with E-state index in [1.54, 1.807) is 0 Å². The molecule has 0 aliphatic heterocycles. The molecule has 0 unspecified atom stereocenters. The van der Waals surface area contributed by atoms with Crippen molar-refractivity contribution in [2.75, 3.05) is 46.4 Å². The van der Waals surface area contributed by atoms with Gasteiger partial charge in [0.15, 0.2) is 0 Å². The van der Waals surface area contributed by atoms with E-state index in [2.05, 4.69) is 21.7 Å². The molecule has 0 atom stereocenters. The van der Waals surface area contributed by atoms with E-state index in [0.29, 0.717) is 13.0 Å². The summed E-state index contributed by atoms with van der Waals surface area (Å²) in [6.45, 7) is 3.35. The second kappa shape index (κ2) is 11.3. The van der Waals surface area contributed by atoms with Gasteiger partial charge in [-0.05, 0) is 25.9 Å². The molecule has 0 saturated heterocycles. The summed E-state index contributed by atoms with van der Waals surface area (Å²) in [6.07, 6.45) is -0.793. The fourth-order valence-corrected chi connectivity index (χ4v) is 2.31. The van der Waals surface area contributed by atoms with Gasteiger partial charge in [0.2, 0.25) is 0 Å². The third kappa shape index (κ3) is 10.4. The van der Waals surface area contributed by atoms with Crippen molar-refractivity contribution in [2.24, 2.45) is 0 Å². The van der Waals surface area contributed by atoms with E-state index in [-0.39, 0.29) is 13.2 Å². The largest absolute Gasteiger partial charge is 0.374 e. The van der Waals surface area contributed by atoms with E-state index < -0.39 is 23.2 Å². The standard InChI is InChI=1S/C11H25F2N3O3S/c1-3-5-14-6-4-8-16(2)20(17,18)15-7-9-19-10-11(12)13/h11,14-15H,3-10H2,1-2H3. The first-order chi connectivity index (χ1) is 9.40. The van der Waals surface area contributed by atoms with Crippen LogP contribution < -0.4 is 10.0 Å². The average Bonchev–Trinajstić information content (AvgIpc) is 2.37. The van der Waals surface area contributed by atoms with Crippen molar-refractivity contribution in [3.05, 3.63) is 0 Å². The Morgan fingerprint density at radius 1 is 1.25 bits per heavy atom. The Morgan fingerprint density at radius 3 is 2.55 bits per heavy atom. The lowest BCUT2D eigenvalue weighted by Crippen LogP contribution is -2.40. The van der Waals surface area contributed by atoms with Crippen molar-refractivity contribution in [1.29, 1.82) is 0 Å². The summed E-state index contributed by atoms with van der Waals surface area (Å²) >= 11 is 0. The Hall–Kier alpha value is -0.350. The minimum absolute atomic E-state index is 0.0204. The van der Waals surface area contributed by atoms with Crippen LogP contribution in [0.3, 0.4) is 0 Å². The minimum Gasteiger partial charge on any atom is -0.374 e. The number of ether oxygens (including phenoxy) is 1. The molecule has 122 valence electrons. The molecule has 0 aliphatic carbocycles. The summed E-state index contributed by atoms with van der Waals surface area (Å²) in [5.41, 5.74) is 0. The molecular weight excluding hydrogens is 292 g/mol. The molecule has 0 saturated carbocycles. The Balaban J connectivity index is 3.74. The van der Waals surface area contributed by atoms with E-state index in [4.69, 9.17) is 0 Å². The number of halogens is 2. The highest BCUT2D eigenvalue weighted by molar-refractivity contribution is 7.87. The number of nitrogens with one attached hydrogen (secondary N) is 2. The molecule has 0 bridgehead atoms. The van der Waals surface area contributed by atoms with Crippen molar-refractivity contribution < 1.29 is 21.9 Å². The SMILES string of the molecule is CCCNCCCN(C)S(=O)(=O)NCCOCC(F)F. The third-order valence-corrected chi connectivity index (χ3v) is 4.01. The van der Waals surface area contributed by atoms with Crippen molar-refractivity contribution in [3.8, 4) is 0 Å². The Labute approximate surface area is 120 Å². The first-order valence-corrected chi connectivity index (χ1v) is 8.11. The van der Waals surface area contributed by atoms with Gasteiger partial charge < -0.3 is 10.1 Å². The average molecular weight is 317 g/mol. The smallest absolute Gasteiger partial charge is 0.279 e. The van der Waals surface area contributed by atoms with Crippen molar-refractivity contribution in [2.45, 2.75) is 26.2 Å². The van der Waals surface area contributed by atoms with E-state index in [1.807, 2.05) is 0 Å². The molecule has 20 heavy (non-hydrogen) atoms. The van der Waals surface area contributed by atoms with Crippen LogP contribution in [0.4, 0.5) is 8.78 Å². The molecule has 0 fully saturated rings. The van der Waals surface area contributed by atoms with Crippen LogP contribution >= 0.6 is 0 Å². The molecule has 0 amide bonds. The maximum Gasteiger partial charge on any atom is 0.279 e. The zero-order valence-corrected chi connectivity index (χ0v) is 12.9. The summed E-state index contributed by atoms with van der Waals surface area (Å²) in [5.74, 6) is 0. The van der Waals surface area contributed by atoms with Crippen LogP contribution in [0.1, 0.15) is 19.8 Å². The molecular formula is C11H25F2N3O3S. The lowest BCUT2D eigenvalue weighted by Gasteiger charge is -2.17. The van der Waals surface area contributed by atoms with Crippen molar-refractivity contribution in [1.82, 2.24) is 14.3 Å². The summed E-state index contributed by atoms with van der Waals surface area (Å²) < 4.78 is 55.1. The minimum atomic E-state index is -3.57. The molecule has 9 heteroatoms. The van der Waals surface area contributed by atoms with E-state index in [1.165, 1.54) is 11.4 Å². The van der Waals surface area contributed by atoms with Crippen LogP contribution in [0.2, 0.25) is 0 Å². The van der Waals surface area contributed by atoms with Gasteiger partial charge in [0.05, 0.1) is 6.61 Å². The third-order valence-electron chi connectivity index (χ3n) is 2.44. The maximum atomic E-state index is 11.8. The number of hydrogen-bond acceptors (Lipinski definition) is 4. The van der Waals surface area contributed by atoms with Gasteiger partial charge in [-0.25, -0.2) is 8.78 Å². The topological polar surface area (TPSA) is 70.7 Å². The second-order valence-corrected chi connectivity index (χ2v) is 6.15. The number of rotatable bonds is 13. The van der Waals surface area contributed by atoms with Crippen LogP contribution in [-0.2, 0) is 14.9 Å². The highest BCUT2D eigenvalue weighted by atomic mass is 32.2. The predicted octanol–water partition coefficient (Wildman–Crippen LogP) is 0.424. The first kappa shape index (κ1) is 19.7. The summed E-state index contributed by atoms with van der Waals surface area (Å²) in [5, 5.41) is 3.18. The van der Waals surface area contributed by atoms with Gasteiger partial charge in [0, 0.05) is 20.1 Å². The lowest BCUT2D eigenvalue weighted by atomic mass is 10.4. The molecule has 0 aromatic heterocycles. The quantitative estimate of drug-likeness (QED) is 0.483. The molecule has 6 nitrogen and oxygen atoms in total. The molecule has 0 radical (unpaired) electrons. The van der Waals surface area contributed by atoms with Crippen LogP contribution in [-0.4, -0.2) is 65.6 Å². The normalized spacial score (nSPS) is 12.5. The van der Waals surface area contributed by atoms with Gasteiger partial charge in [0.1, 0.15) is 6.61 Å². The summed E-state index contributed by atoms with van der Waals surface area (Å²) in [6, 6.07) is 0. The van der Waals surface area contributed by atoms with Gasteiger partial charge in [0.25, 0.3) is 16.6 Å². The fraction of sp³-hybridized carbons (Fsp3) is 1.00. The molecule has 0 rings (SSSR count). The highest BCUT2D eigenvalue weighted by Crippen LogP contribution is 1.96. The molecule has 0 aromatic rings. The van der Waals surface area contributed by atoms with Gasteiger partial charge in [-0.2, -0.15) is 17.4 Å². The van der Waals surface area contributed by atoms with Crippen LogP contribution in [0.25, 0.3) is 0 Å². The predicted molar refractivity (Wildman–Crippen MR) is 74.2 cm³/mol. The molecule has 0 aromatic carbocycles. The van der Waals surface area contributed by atoms with Crippen LogP contribution in [0.5, 0.6) is 0 Å². The van der Waals surface area contributed by atoms with E-state index in [9.17, 15) is 17.2 Å². The molecule has 0 heterocycles. The molecule has 0 spiro atoms. The monoisotopic (exact) mass is 317 g/mol. The van der Waals surface area contributed by atoms with Crippen LogP contribution in [0.15, 0.2) is 0 Å². The van der Waals surface area contributed by atoms with Gasteiger partial charge >= 0.3 is 0 Å². The van der Waals surface area contributed by atoms with Crippen molar-refractivity contribution >= 4 is 10.2 Å². The summed E-state index contributed by atoms with van der Waals surface area (Å²) in [7, 11) is -2.09. The van der Waals surface area contributed by atoms with Gasteiger partial charge in [-0.1, -0.05) is 6.92 Å². The highest BCUT2D eigenvalue weighted by Gasteiger charge is 2.16. The van der Waals surface area contributed by atoms with Crippen molar-refractivity contribution in [3.63, 3.8) is 0 Å². The zero-order valence-electron chi connectivity index (χ0n) is 12.1. The van der Waals surface area contributed by atoms with E-state index in [0.717, 1.165) is 19.5 Å². The summed E-state index contributed by atoms with van der Waals surface area (Å²) in [4.78, 5) is 0. The first-order valence-electron chi connectivity index (χ1n) is 6.67. The number of nitrogens with zero attached hydrogens (tertiary/aromatic N) is 1. The lowest BCUT2D eigenvalue weighted by molar-refractivity contribution is 0.0198. The maximum absolute atomic E-state index is 11.8. The number of hydrogen-bond donors (Lipinski definition) is 2. The van der Waals surface area contributed by atoms with Crippen LogP contribution in [0, 0.1) is 0 Å². The number of alkyl halides is 2.